The Morgan fingerprint density at radius 2 is 1.67 bits per heavy atom. The van der Waals surface area contributed by atoms with Crippen molar-refractivity contribution in [2.75, 3.05) is 5.75 Å². The number of ketones is 1. The van der Waals surface area contributed by atoms with Crippen molar-refractivity contribution in [1.29, 1.82) is 0 Å². The van der Waals surface area contributed by atoms with Crippen molar-refractivity contribution in [1.82, 2.24) is 0 Å². The maximum Gasteiger partial charge on any atom is 0.185 e. The van der Waals surface area contributed by atoms with Crippen molar-refractivity contribution in [2.24, 2.45) is 0 Å². The molecule has 0 heterocycles. The number of halogens is 3. The molecule has 3 nitrogen and oxygen atoms in total. The Bertz CT molecular complexity index is 801. The molecule has 0 radical (unpaired) electrons. The summed E-state index contributed by atoms with van der Waals surface area (Å²) in [6, 6.07) is 10.0. The summed E-state index contributed by atoms with van der Waals surface area (Å²) < 4.78 is 24.4. The Labute approximate surface area is 137 Å². The summed E-state index contributed by atoms with van der Waals surface area (Å²) in [5.74, 6) is -1.20. The topological polar surface area (TPSA) is 51.2 Å². The first-order valence-corrected chi connectivity index (χ1v) is 8.55. The van der Waals surface area contributed by atoms with E-state index < -0.39 is 21.4 Å². The van der Waals surface area contributed by atoms with Gasteiger partial charge in [0.2, 0.25) is 0 Å². The number of hydrogen-bond acceptors (Lipinski definition) is 3. The third-order valence-corrected chi connectivity index (χ3v) is 5.31. The first-order valence-electron chi connectivity index (χ1n) is 5.76. The van der Waals surface area contributed by atoms with E-state index in [0.717, 1.165) is 0 Å². The molecule has 0 N–H and O–H groups in total. The second-order valence-corrected chi connectivity index (χ2v) is 7.51. The predicted octanol–water partition coefficient (Wildman–Crippen LogP) is 4.30. The van der Waals surface area contributed by atoms with Crippen LogP contribution in [0.5, 0.6) is 0 Å². The van der Waals surface area contributed by atoms with Crippen LogP contribution in [0.15, 0.2) is 47.4 Å². The van der Waals surface area contributed by atoms with Crippen molar-refractivity contribution in [3.8, 4) is 0 Å². The normalized spacial score (nSPS) is 11.4. The van der Waals surface area contributed by atoms with Crippen LogP contribution in [0.2, 0.25) is 15.1 Å². The summed E-state index contributed by atoms with van der Waals surface area (Å²) in [5, 5.41) is 0.734. The molecule has 7 heteroatoms. The van der Waals surface area contributed by atoms with Gasteiger partial charge in [0.05, 0.1) is 14.9 Å². The summed E-state index contributed by atoms with van der Waals surface area (Å²) >= 11 is 17.3. The van der Waals surface area contributed by atoms with E-state index in [9.17, 15) is 13.2 Å². The highest BCUT2D eigenvalue weighted by Gasteiger charge is 2.21. The van der Waals surface area contributed by atoms with Gasteiger partial charge in [-0.25, -0.2) is 8.42 Å². The fraction of sp³-hybridized carbons (Fsp3) is 0.0714. The van der Waals surface area contributed by atoms with E-state index >= 15 is 0 Å². The van der Waals surface area contributed by atoms with Crippen molar-refractivity contribution in [2.45, 2.75) is 4.90 Å². The standard InChI is InChI=1S/C14H9Cl3O3S/c15-10-3-1-2-9(6-10)14(18)8-21(19,20)11-4-5-12(16)13(17)7-11/h1-7H,8H2. The lowest BCUT2D eigenvalue weighted by Crippen LogP contribution is -2.16. The molecule has 0 spiro atoms. The maximum atomic E-state index is 12.2. The van der Waals surface area contributed by atoms with Gasteiger partial charge in [0, 0.05) is 10.6 Å². The molecule has 2 aromatic rings. The Kier molecular flexibility index (Phi) is 4.94. The fourth-order valence-corrected chi connectivity index (χ4v) is 3.48. The van der Waals surface area contributed by atoms with E-state index in [2.05, 4.69) is 0 Å². The molecule has 2 aromatic carbocycles. The lowest BCUT2D eigenvalue weighted by atomic mass is 10.1. The molecule has 2 rings (SSSR count). The van der Waals surface area contributed by atoms with Crippen molar-refractivity contribution < 1.29 is 13.2 Å². The minimum atomic E-state index is -3.80. The lowest BCUT2D eigenvalue weighted by molar-refractivity contribution is 0.102. The quantitative estimate of drug-likeness (QED) is 0.761. The van der Waals surface area contributed by atoms with Crippen LogP contribution in [0.3, 0.4) is 0 Å². The van der Waals surface area contributed by atoms with Gasteiger partial charge in [-0.05, 0) is 30.3 Å². The first-order chi connectivity index (χ1) is 9.79. The Hall–Kier alpha value is -1.07. The van der Waals surface area contributed by atoms with E-state index in [1.165, 1.54) is 30.3 Å². The molecule has 0 amide bonds. The number of benzene rings is 2. The van der Waals surface area contributed by atoms with Gasteiger partial charge in [0.1, 0.15) is 5.75 Å². The van der Waals surface area contributed by atoms with Crippen LogP contribution in [-0.2, 0) is 9.84 Å². The van der Waals surface area contributed by atoms with Gasteiger partial charge in [-0.1, -0.05) is 46.9 Å². The van der Waals surface area contributed by atoms with Crippen molar-refractivity contribution >= 4 is 50.4 Å². The highest BCUT2D eigenvalue weighted by molar-refractivity contribution is 7.92. The molecule has 110 valence electrons. The zero-order valence-corrected chi connectivity index (χ0v) is 13.6. The van der Waals surface area contributed by atoms with E-state index in [1.54, 1.807) is 12.1 Å². The first kappa shape index (κ1) is 16.3. The Morgan fingerprint density at radius 3 is 2.29 bits per heavy atom. The van der Waals surface area contributed by atoms with Gasteiger partial charge < -0.3 is 0 Å². The molecular formula is C14H9Cl3O3S. The van der Waals surface area contributed by atoms with Crippen LogP contribution in [0.25, 0.3) is 0 Å². The summed E-state index contributed by atoms with van der Waals surface area (Å²) in [7, 11) is -3.80. The molecular weight excluding hydrogens is 355 g/mol. The van der Waals surface area contributed by atoms with Crippen LogP contribution < -0.4 is 0 Å². The minimum absolute atomic E-state index is 0.0488. The van der Waals surface area contributed by atoms with Gasteiger partial charge in [0.25, 0.3) is 0 Å². The number of sulfone groups is 1. The molecule has 0 saturated carbocycles. The maximum absolute atomic E-state index is 12.2. The number of hydrogen-bond donors (Lipinski definition) is 0. The van der Waals surface area contributed by atoms with Crippen LogP contribution in [-0.4, -0.2) is 20.0 Å². The third-order valence-electron chi connectivity index (χ3n) is 2.72. The summed E-state index contributed by atoms with van der Waals surface area (Å²) in [6.07, 6.45) is 0. The lowest BCUT2D eigenvalue weighted by Gasteiger charge is -2.06. The number of Topliss-reactive ketones (excluding diaryl/α,β-unsaturated/α-hetero) is 1. The zero-order chi connectivity index (χ0) is 15.6. The number of carbonyl (C=O) groups is 1. The minimum Gasteiger partial charge on any atom is -0.293 e. The van der Waals surface area contributed by atoms with E-state index in [0.29, 0.717) is 5.02 Å². The second kappa shape index (κ2) is 6.36. The molecule has 0 saturated heterocycles. The van der Waals surface area contributed by atoms with Gasteiger partial charge in [-0.2, -0.15) is 0 Å². The van der Waals surface area contributed by atoms with Crippen LogP contribution in [0.4, 0.5) is 0 Å². The average molecular weight is 364 g/mol. The second-order valence-electron chi connectivity index (χ2n) is 4.27. The summed E-state index contributed by atoms with van der Waals surface area (Å²) in [5.41, 5.74) is 0.242. The van der Waals surface area contributed by atoms with E-state index in [1.807, 2.05) is 0 Å². The molecule has 0 unspecified atom stereocenters. The number of carbonyl (C=O) groups excluding carboxylic acids is 1. The molecule has 0 aliphatic heterocycles. The van der Waals surface area contributed by atoms with Crippen molar-refractivity contribution in [3.63, 3.8) is 0 Å². The van der Waals surface area contributed by atoms with Gasteiger partial charge in [-0.3, -0.25) is 4.79 Å². The van der Waals surface area contributed by atoms with Gasteiger partial charge in [0.15, 0.2) is 15.6 Å². The number of rotatable bonds is 4. The van der Waals surface area contributed by atoms with Crippen LogP contribution >= 0.6 is 34.8 Å². The summed E-state index contributed by atoms with van der Waals surface area (Å²) in [4.78, 5) is 12.0. The Balaban J connectivity index is 2.29. The monoisotopic (exact) mass is 362 g/mol. The SMILES string of the molecule is O=C(CS(=O)(=O)c1ccc(Cl)c(Cl)c1)c1cccc(Cl)c1. The predicted molar refractivity (Wildman–Crippen MR) is 84.3 cm³/mol. The van der Waals surface area contributed by atoms with Gasteiger partial charge in [-0.15, -0.1) is 0 Å². The molecule has 21 heavy (non-hydrogen) atoms. The van der Waals surface area contributed by atoms with Crippen molar-refractivity contribution in [3.05, 3.63) is 63.1 Å². The molecule has 0 bridgehead atoms. The molecule has 0 fully saturated rings. The smallest absolute Gasteiger partial charge is 0.185 e. The highest BCUT2D eigenvalue weighted by Crippen LogP contribution is 2.25. The third kappa shape index (κ3) is 3.98. The zero-order valence-electron chi connectivity index (χ0n) is 10.5. The van der Waals surface area contributed by atoms with E-state index in [-0.39, 0.29) is 20.5 Å². The molecule has 0 aromatic heterocycles. The van der Waals surface area contributed by atoms with E-state index in [4.69, 9.17) is 34.8 Å². The molecule has 0 atom stereocenters. The average Bonchev–Trinajstić information content (AvgIpc) is 2.41. The largest absolute Gasteiger partial charge is 0.293 e. The van der Waals surface area contributed by atoms with Crippen LogP contribution in [0.1, 0.15) is 10.4 Å². The molecule has 0 aliphatic carbocycles. The van der Waals surface area contributed by atoms with Gasteiger partial charge >= 0.3 is 0 Å². The Morgan fingerprint density at radius 1 is 0.952 bits per heavy atom. The highest BCUT2D eigenvalue weighted by atomic mass is 35.5. The fourth-order valence-electron chi connectivity index (χ4n) is 1.67. The van der Waals surface area contributed by atoms with Crippen LogP contribution in [0, 0.1) is 0 Å². The molecule has 0 aliphatic rings. The summed E-state index contributed by atoms with van der Waals surface area (Å²) in [6.45, 7) is 0.